The molecule has 0 amide bonds. The topological polar surface area (TPSA) is 70.0 Å². The van der Waals surface area contributed by atoms with E-state index >= 15 is 0 Å². The first-order valence-electron chi connectivity index (χ1n) is 12.9. The van der Waals surface area contributed by atoms with Gasteiger partial charge in [-0.25, -0.2) is 0 Å². The molecule has 0 bridgehead atoms. The maximum atomic E-state index is 11.3. The Morgan fingerprint density at radius 2 is 1.68 bits per heavy atom. The second-order valence-electron chi connectivity index (χ2n) is 9.04. The zero-order chi connectivity index (χ0) is 22.6. The van der Waals surface area contributed by atoms with E-state index in [1.807, 2.05) is 0 Å². The van der Waals surface area contributed by atoms with Gasteiger partial charge in [0.15, 0.2) is 5.12 Å². The largest absolute Gasteiger partial charge is 0.396 e. The molecule has 31 heavy (non-hydrogen) atoms. The molecule has 1 saturated heterocycles. The van der Waals surface area contributed by atoms with Gasteiger partial charge < -0.3 is 19.5 Å². The first kappa shape index (κ1) is 29.1. The van der Waals surface area contributed by atoms with Crippen molar-refractivity contribution in [3.63, 3.8) is 0 Å². The van der Waals surface area contributed by atoms with Gasteiger partial charge in [0.05, 0.1) is 6.61 Å². The highest BCUT2D eigenvalue weighted by molar-refractivity contribution is 8.13. The second kappa shape index (κ2) is 20.7. The maximum Gasteiger partial charge on any atom is 0.185 e. The molecule has 184 valence electrons. The molecule has 0 aromatic carbocycles. The van der Waals surface area contributed by atoms with Gasteiger partial charge in [-0.2, -0.15) is 0 Å². The predicted octanol–water partition coefficient (Wildman–Crippen LogP) is 5.09. The van der Waals surface area contributed by atoms with Gasteiger partial charge in [0.2, 0.25) is 0 Å². The van der Waals surface area contributed by atoms with Gasteiger partial charge in [-0.3, -0.25) is 4.79 Å². The van der Waals surface area contributed by atoms with E-state index in [1.54, 1.807) is 6.92 Å². The van der Waals surface area contributed by atoms with Crippen LogP contribution in [0.1, 0.15) is 96.8 Å². The van der Waals surface area contributed by atoms with E-state index in [2.05, 4.69) is 4.57 Å². The summed E-state index contributed by atoms with van der Waals surface area (Å²) in [6.45, 7) is 3.71. The summed E-state index contributed by atoms with van der Waals surface area (Å²) >= 11 is 1.49. The summed E-state index contributed by atoms with van der Waals surface area (Å²) in [5, 5.41) is 18.2. The SMILES string of the molecule is CC(=O)SCCC[SiH]1CCCCCCN1C(CCCCCCCCCO)CCOCO. The number of rotatable bonds is 18. The number of carbonyl (C=O) groups excluding carboxylic acids is 1. The number of aliphatic hydroxyl groups excluding tert-OH is 2. The Morgan fingerprint density at radius 1 is 0.968 bits per heavy atom. The molecule has 2 N–H and O–H groups in total. The number of hydrogen-bond acceptors (Lipinski definition) is 6. The molecule has 0 spiro atoms. The molecule has 1 aliphatic rings. The first-order valence-corrected chi connectivity index (χ1v) is 16.0. The van der Waals surface area contributed by atoms with Crippen LogP contribution >= 0.6 is 11.8 Å². The molecule has 2 unspecified atom stereocenters. The summed E-state index contributed by atoms with van der Waals surface area (Å²) in [4.78, 5) is 11.3. The van der Waals surface area contributed by atoms with Crippen molar-refractivity contribution in [3.05, 3.63) is 0 Å². The summed E-state index contributed by atoms with van der Waals surface area (Å²) < 4.78 is 8.25. The molecular formula is C24H49NO4SSi. The van der Waals surface area contributed by atoms with E-state index in [4.69, 9.17) is 14.9 Å². The monoisotopic (exact) mass is 475 g/mol. The number of nitrogens with zero attached hydrogens (tertiary/aromatic N) is 1. The predicted molar refractivity (Wildman–Crippen MR) is 135 cm³/mol. The van der Waals surface area contributed by atoms with Crippen LogP contribution < -0.4 is 0 Å². The second-order valence-corrected chi connectivity index (χ2v) is 13.4. The van der Waals surface area contributed by atoms with Crippen LogP contribution in [0.4, 0.5) is 0 Å². The molecule has 1 aliphatic heterocycles. The third kappa shape index (κ3) is 15.5. The summed E-state index contributed by atoms with van der Waals surface area (Å²) in [7, 11) is -0.999. The fourth-order valence-corrected chi connectivity index (χ4v) is 9.56. The Labute approximate surface area is 197 Å². The summed E-state index contributed by atoms with van der Waals surface area (Å²) in [6, 6.07) is 3.33. The van der Waals surface area contributed by atoms with Gasteiger partial charge in [0.1, 0.15) is 15.8 Å². The molecule has 1 fully saturated rings. The number of ether oxygens (including phenoxy) is 1. The van der Waals surface area contributed by atoms with Crippen molar-refractivity contribution in [2.45, 2.75) is 115 Å². The number of thioether (sulfide) groups is 1. The highest BCUT2D eigenvalue weighted by Crippen LogP contribution is 2.25. The Kier molecular flexibility index (Phi) is 19.4. The molecular weight excluding hydrogens is 426 g/mol. The van der Waals surface area contributed by atoms with Crippen molar-refractivity contribution < 1.29 is 19.7 Å². The van der Waals surface area contributed by atoms with Crippen LogP contribution in [-0.2, 0) is 9.53 Å². The third-order valence-electron chi connectivity index (χ3n) is 6.51. The molecule has 1 heterocycles. The fourth-order valence-electron chi connectivity index (χ4n) is 4.84. The lowest BCUT2D eigenvalue weighted by Crippen LogP contribution is -2.48. The Hall–Kier alpha value is 0.0769. The van der Waals surface area contributed by atoms with Gasteiger partial charge >= 0.3 is 0 Å². The summed E-state index contributed by atoms with van der Waals surface area (Å²) in [5.74, 6) is 0.973. The van der Waals surface area contributed by atoms with Crippen LogP contribution in [0.25, 0.3) is 0 Å². The zero-order valence-corrected chi connectivity index (χ0v) is 22.0. The van der Waals surface area contributed by atoms with E-state index in [0.29, 0.717) is 19.3 Å². The van der Waals surface area contributed by atoms with Crippen molar-refractivity contribution in [1.29, 1.82) is 0 Å². The third-order valence-corrected chi connectivity index (χ3v) is 11.2. The number of hydrogen-bond donors (Lipinski definition) is 2. The van der Waals surface area contributed by atoms with Crippen LogP contribution in [0, 0.1) is 0 Å². The molecule has 2 atom stereocenters. The lowest BCUT2D eigenvalue weighted by Gasteiger charge is -2.39. The number of unbranched alkanes of at least 4 members (excludes halogenated alkanes) is 6. The normalized spacial score (nSPS) is 19.1. The van der Waals surface area contributed by atoms with Crippen LogP contribution in [0.5, 0.6) is 0 Å². The van der Waals surface area contributed by atoms with Crippen molar-refractivity contribution in [2.24, 2.45) is 0 Å². The molecule has 0 radical (unpaired) electrons. The average Bonchev–Trinajstić information content (AvgIpc) is 2.73. The van der Waals surface area contributed by atoms with E-state index in [1.165, 1.54) is 101 Å². The van der Waals surface area contributed by atoms with E-state index in [0.717, 1.165) is 25.0 Å². The van der Waals surface area contributed by atoms with Crippen molar-refractivity contribution >= 4 is 25.8 Å². The smallest absolute Gasteiger partial charge is 0.185 e. The van der Waals surface area contributed by atoms with Gasteiger partial charge in [-0.15, -0.1) is 0 Å². The quantitative estimate of drug-likeness (QED) is 0.163. The van der Waals surface area contributed by atoms with Crippen LogP contribution in [-0.4, -0.2) is 67.2 Å². The molecule has 0 aliphatic carbocycles. The van der Waals surface area contributed by atoms with Crippen LogP contribution in [0.15, 0.2) is 0 Å². The highest BCUT2D eigenvalue weighted by Gasteiger charge is 2.27. The van der Waals surface area contributed by atoms with Gasteiger partial charge in [0.25, 0.3) is 0 Å². The lowest BCUT2D eigenvalue weighted by atomic mass is 10.0. The van der Waals surface area contributed by atoms with Crippen LogP contribution in [0.3, 0.4) is 0 Å². The van der Waals surface area contributed by atoms with E-state index in [9.17, 15) is 4.79 Å². The van der Waals surface area contributed by atoms with Gasteiger partial charge in [0, 0.05) is 25.3 Å². The maximum absolute atomic E-state index is 11.3. The molecule has 0 aromatic rings. The highest BCUT2D eigenvalue weighted by atomic mass is 32.2. The minimum Gasteiger partial charge on any atom is -0.396 e. The standard InChI is InChI=1S/C24H49NO4SSi/c1-23(28)30-19-13-21-31-20-12-8-6-10-16-25(31)24(15-18-29-22-27)14-9-5-3-2-4-7-11-17-26/h24,26-27,31H,2-22H2,1H3. The molecule has 0 aromatic heterocycles. The number of aliphatic hydroxyl groups is 2. The van der Waals surface area contributed by atoms with E-state index < -0.39 is 8.96 Å². The van der Waals surface area contributed by atoms with Crippen molar-refractivity contribution in [3.8, 4) is 0 Å². The Morgan fingerprint density at radius 3 is 2.39 bits per heavy atom. The summed E-state index contributed by atoms with van der Waals surface area (Å²) in [6.07, 6.45) is 17.4. The van der Waals surface area contributed by atoms with Crippen molar-refractivity contribution in [2.75, 3.05) is 32.3 Å². The van der Waals surface area contributed by atoms with E-state index in [-0.39, 0.29) is 11.9 Å². The fraction of sp³-hybridized carbons (Fsp3) is 0.958. The average molecular weight is 476 g/mol. The molecule has 1 rings (SSSR count). The molecule has 5 nitrogen and oxygen atoms in total. The lowest BCUT2D eigenvalue weighted by molar-refractivity contribution is -0.109. The Bertz CT molecular complexity index is 430. The minimum absolute atomic E-state index is 0.177. The minimum atomic E-state index is -0.999. The summed E-state index contributed by atoms with van der Waals surface area (Å²) in [5.41, 5.74) is 0. The molecule has 7 heteroatoms. The first-order chi connectivity index (χ1) is 15.2. The Balaban J connectivity index is 2.55. The zero-order valence-electron chi connectivity index (χ0n) is 20.1. The van der Waals surface area contributed by atoms with Gasteiger partial charge in [-0.05, 0) is 50.7 Å². The van der Waals surface area contributed by atoms with Gasteiger partial charge in [-0.1, -0.05) is 69.5 Å². The van der Waals surface area contributed by atoms with Crippen molar-refractivity contribution in [1.82, 2.24) is 4.57 Å². The molecule has 0 saturated carbocycles. The number of carbonyl (C=O) groups is 1. The van der Waals surface area contributed by atoms with Crippen LogP contribution in [0.2, 0.25) is 12.1 Å².